The number of benzene rings is 1. The quantitative estimate of drug-likeness (QED) is 0.615. The van der Waals surface area contributed by atoms with Crippen molar-refractivity contribution in [2.75, 3.05) is 16.8 Å². The minimum absolute atomic E-state index is 0.300. The highest BCUT2D eigenvalue weighted by Crippen LogP contribution is 2.34. The molecule has 7 heteroatoms. The highest BCUT2D eigenvalue weighted by molar-refractivity contribution is 5.64. The van der Waals surface area contributed by atoms with Crippen molar-refractivity contribution in [1.82, 2.24) is 19.9 Å². The van der Waals surface area contributed by atoms with Crippen LogP contribution in [-0.4, -0.2) is 19.9 Å². The molecule has 2 aromatic heterocycles. The predicted molar refractivity (Wildman–Crippen MR) is 98.0 cm³/mol. The summed E-state index contributed by atoms with van der Waals surface area (Å²) in [6.45, 7) is 0. The first-order valence-electron chi connectivity index (χ1n) is 8.25. The van der Waals surface area contributed by atoms with E-state index >= 15 is 0 Å². The molecule has 126 valence electrons. The summed E-state index contributed by atoms with van der Waals surface area (Å²) in [5, 5.41) is 3.18. The van der Waals surface area contributed by atoms with E-state index in [1.165, 1.54) is 12.8 Å². The molecule has 2 heterocycles. The summed E-state index contributed by atoms with van der Waals surface area (Å²) < 4.78 is 0. The van der Waals surface area contributed by atoms with E-state index in [9.17, 15) is 0 Å². The highest BCUT2D eigenvalue weighted by atomic mass is 15.1. The van der Waals surface area contributed by atoms with Crippen molar-refractivity contribution in [2.24, 2.45) is 5.92 Å². The zero-order valence-electron chi connectivity index (χ0n) is 13.7. The van der Waals surface area contributed by atoms with Gasteiger partial charge in [0.05, 0.1) is 11.4 Å². The van der Waals surface area contributed by atoms with Gasteiger partial charge in [0.25, 0.3) is 0 Å². The molecule has 4 rings (SSSR count). The molecule has 25 heavy (non-hydrogen) atoms. The lowest BCUT2D eigenvalue weighted by Gasteiger charge is -2.10. The van der Waals surface area contributed by atoms with Crippen LogP contribution in [0.2, 0.25) is 0 Å². The summed E-state index contributed by atoms with van der Waals surface area (Å²) in [6.07, 6.45) is 6.87. The number of nitrogens with one attached hydrogen (secondary N) is 1. The van der Waals surface area contributed by atoms with Crippen molar-refractivity contribution in [2.45, 2.75) is 19.3 Å². The molecule has 5 N–H and O–H groups in total. The van der Waals surface area contributed by atoms with E-state index < -0.39 is 0 Å². The fraction of sp³-hybridized carbons (Fsp3) is 0.222. The van der Waals surface area contributed by atoms with E-state index in [1.807, 2.05) is 30.3 Å². The number of hydrogen-bond donors (Lipinski definition) is 3. The second-order valence-electron chi connectivity index (χ2n) is 6.25. The molecule has 0 radical (unpaired) electrons. The van der Waals surface area contributed by atoms with Crippen LogP contribution in [0.1, 0.15) is 18.5 Å². The van der Waals surface area contributed by atoms with Gasteiger partial charge in [0, 0.05) is 29.3 Å². The Balaban J connectivity index is 1.63. The summed E-state index contributed by atoms with van der Waals surface area (Å²) in [5.41, 5.74) is 15.7. The van der Waals surface area contributed by atoms with Crippen LogP contribution in [0.25, 0.3) is 11.3 Å². The van der Waals surface area contributed by atoms with Gasteiger partial charge in [0.15, 0.2) is 0 Å². The van der Waals surface area contributed by atoms with Crippen LogP contribution in [0.5, 0.6) is 0 Å². The lowest BCUT2D eigenvalue weighted by Crippen LogP contribution is -2.04. The second-order valence-corrected chi connectivity index (χ2v) is 6.25. The van der Waals surface area contributed by atoms with Crippen molar-refractivity contribution in [1.29, 1.82) is 0 Å². The maximum atomic E-state index is 5.77. The lowest BCUT2D eigenvalue weighted by molar-refractivity contribution is 0.802. The first-order chi connectivity index (χ1) is 12.2. The van der Waals surface area contributed by atoms with Crippen LogP contribution in [0.15, 0.2) is 42.7 Å². The normalized spacial score (nSPS) is 13.6. The smallest absolute Gasteiger partial charge is 0.227 e. The number of rotatable bonds is 5. The number of nitrogen functional groups attached to an aromatic ring is 2. The average Bonchev–Trinajstić information content (AvgIpc) is 3.41. The molecule has 0 atom stereocenters. The van der Waals surface area contributed by atoms with Crippen molar-refractivity contribution in [3.63, 3.8) is 0 Å². The number of nitrogens with two attached hydrogens (primary N) is 2. The summed E-state index contributed by atoms with van der Waals surface area (Å²) in [6, 6.07) is 9.29. The molecule has 7 nitrogen and oxygen atoms in total. The molecule has 1 aromatic carbocycles. The van der Waals surface area contributed by atoms with Crippen molar-refractivity contribution in [3.8, 4) is 11.3 Å². The Morgan fingerprint density at radius 3 is 2.56 bits per heavy atom. The fourth-order valence-corrected chi connectivity index (χ4v) is 2.66. The van der Waals surface area contributed by atoms with Gasteiger partial charge in [0.2, 0.25) is 11.9 Å². The van der Waals surface area contributed by atoms with Crippen LogP contribution >= 0.6 is 0 Å². The zero-order chi connectivity index (χ0) is 17.2. The fourth-order valence-electron chi connectivity index (χ4n) is 2.66. The Kier molecular flexibility index (Phi) is 3.89. The molecule has 0 amide bonds. The number of hydrogen-bond acceptors (Lipinski definition) is 7. The van der Waals surface area contributed by atoms with Gasteiger partial charge in [-0.05, 0) is 55.5 Å². The van der Waals surface area contributed by atoms with E-state index in [-0.39, 0.29) is 0 Å². The third-order valence-electron chi connectivity index (χ3n) is 4.16. The Bertz CT molecular complexity index is 888. The number of anilines is 4. The highest BCUT2D eigenvalue weighted by Gasteiger charge is 2.24. The summed E-state index contributed by atoms with van der Waals surface area (Å²) in [4.78, 5) is 17.5. The molecule has 0 unspecified atom stereocenters. The van der Waals surface area contributed by atoms with Gasteiger partial charge in [-0.25, -0.2) is 19.9 Å². The molecule has 0 spiro atoms. The average molecular weight is 333 g/mol. The van der Waals surface area contributed by atoms with E-state index in [0.717, 1.165) is 29.1 Å². The number of nitrogens with zero attached hydrogens (tertiary/aromatic N) is 4. The van der Waals surface area contributed by atoms with Crippen LogP contribution in [0.4, 0.5) is 23.3 Å². The molecule has 0 bridgehead atoms. The zero-order valence-corrected chi connectivity index (χ0v) is 13.7. The van der Waals surface area contributed by atoms with Crippen molar-refractivity contribution in [3.05, 3.63) is 48.4 Å². The molecule has 1 fully saturated rings. The Morgan fingerprint density at radius 2 is 1.80 bits per heavy atom. The third kappa shape index (κ3) is 3.65. The van der Waals surface area contributed by atoms with Gasteiger partial charge in [-0.2, -0.15) is 0 Å². The Morgan fingerprint density at radius 1 is 1.00 bits per heavy atom. The molecule has 1 aliphatic rings. The Hall–Kier alpha value is -3.22. The van der Waals surface area contributed by atoms with Crippen molar-refractivity contribution < 1.29 is 0 Å². The van der Waals surface area contributed by atoms with Crippen LogP contribution in [0, 0.1) is 5.92 Å². The third-order valence-corrected chi connectivity index (χ3v) is 4.16. The van der Waals surface area contributed by atoms with Crippen LogP contribution in [-0.2, 0) is 6.42 Å². The predicted octanol–water partition coefficient (Wildman–Crippen LogP) is 2.79. The van der Waals surface area contributed by atoms with Gasteiger partial charge in [-0.1, -0.05) is 0 Å². The molecule has 0 aliphatic heterocycles. The van der Waals surface area contributed by atoms with Gasteiger partial charge < -0.3 is 16.8 Å². The van der Waals surface area contributed by atoms with Crippen LogP contribution in [0.3, 0.4) is 0 Å². The molecule has 3 aromatic rings. The Labute approximate surface area is 145 Å². The summed E-state index contributed by atoms with van der Waals surface area (Å²) >= 11 is 0. The first kappa shape index (κ1) is 15.3. The van der Waals surface area contributed by atoms with Crippen molar-refractivity contribution >= 4 is 23.3 Å². The van der Waals surface area contributed by atoms with Gasteiger partial charge >= 0.3 is 0 Å². The largest absolute Gasteiger partial charge is 0.399 e. The number of aromatic nitrogens is 4. The monoisotopic (exact) mass is 333 g/mol. The molecule has 0 saturated heterocycles. The van der Waals surface area contributed by atoms with Gasteiger partial charge in [-0.15, -0.1) is 0 Å². The second kappa shape index (κ2) is 6.35. The first-order valence-corrected chi connectivity index (χ1v) is 8.25. The van der Waals surface area contributed by atoms with E-state index in [1.54, 1.807) is 12.4 Å². The van der Waals surface area contributed by atoms with E-state index in [4.69, 9.17) is 11.5 Å². The molecular formula is C18H19N7. The minimum Gasteiger partial charge on any atom is -0.399 e. The topological polar surface area (TPSA) is 116 Å². The summed E-state index contributed by atoms with van der Waals surface area (Å²) in [5.74, 6) is 1.51. The van der Waals surface area contributed by atoms with Gasteiger partial charge in [-0.3, -0.25) is 0 Å². The summed E-state index contributed by atoms with van der Waals surface area (Å²) in [7, 11) is 0. The molecule has 1 aliphatic carbocycles. The van der Waals surface area contributed by atoms with E-state index in [2.05, 4.69) is 25.3 Å². The standard InChI is InChI=1S/C18H19N7/c19-12-3-5-13(6-4-12)23-18-21-8-7-15(25-18)14-10-22-17(20)24-16(14)9-11-1-2-11/h3-8,10-11H,1-2,9,19H2,(H2,20,22,24)(H,21,23,25). The maximum Gasteiger partial charge on any atom is 0.227 e. The van der Waals surface area contributed by atoms with Gasteiger partial charge in [0.1, 0.15) is 0 Å². The SMILES string of the molecule is Nc1ccc(Nc2nccc(-c3cnc(N)nc3CC3CC3)n2)cc1. The minimum atomic E-state index is 0.300. The molecule has 1 saturated carbocycles. The van der Waals surface area contributed by atoms with Crippen LogP contribution < -0.4 is 16.8 Å². The lowest BCUT2D eigenvalue weighted by atomic mass is 10.1. The molecular weight excluding hydrogens is 314 g/mol. The van der Waals surface area contributed by atoms with E-state index in [0.29, 0.717) is 23.5 Å². The maximum absolute atomic E-state index is 5.77.